The normalized spacial score (nSPS) is 18.9. The Balaban J connectivity index is 2.03. The third-order valence-electron chi connectivity index (χ3n) is 4.51. The number of H-pyrrole nitrogens is 1. The summed E-state index contributed by atoms with van der Waals surface area (Å²) >= 11 is 6.26. The molecule has 1 saturated carbocycles. The highest BCUT2D eigenvalue weighted by Crippen LogP contribution is 2.38. The van der Waals surface area contributed by atoms with Crippen LogP contribution in [0.15, 0.2) is 18.2 Å². The Morgan fingerprint density at radius 1 is 1.26 bits per heavy atom. The van der Waals surface area contributed by atoms with Crippen LogP contribution in [-0.2, 0) is 0 Å². The molecule has 0 bridgehead atoms. The van der Waals surface area contributed by atoms with Gasteiger partial charge in [-0.2, -0.15) is 0 Å². The lowest BCUT2D eigenvalue weighted by molar-refractivity contribution is 0.308. The minimum atomic E-state index is 0.132. The summed E-state index contributed by atoms with van der Waals surface area (Å²) in [6, 6.07) is 6.19. The van der Waals surface area contributed by atoms with Crippen molar-refractivity contribution in [3.63, 3.8) is 0 Å². The summed E-state index contributed by atoms with van der Waals surface area (Å²) in [5, 5.41) is 1.98. The zero-order chi connectivity index (χ0) is 13.4. The van der Waals surface area contributed by atoms with Crippen LogP contribution in [0, 0.1) is 12.8 Å². The number of aryl methyl sites for hydroxylation is 1. The van der Waals surface area contributed by atoms with Crippen molar-refractivity contribution in [2.24, 2.45) is 11.7 Å². The molecule has 3 heteroatoms. The van der Waals surface area contributed by atoms with Gasteiger partial charge < -0.3 is 10.7 Å². The molecule has 1 heterocycles. The van der Waals surface area contributed by atoms with E-state index in [-0.39, 0.29) is 6.04 Å². The van der Waals surface area contributed by atoms with Crippen molar-refractivity contribution in [3.05, 3.63) is 34.5 Å². The standard InChI is InChI=1S/C16H21ClN2/c1-10-14(15(18)11-6-3-2-4-7-11)12-8-5-9-13(17)16(12)19-10/h5,8-9,11,15,19H,2-4,6-7,18H2,1H3. The van der Waals surface area contributed by atoms with Crippen molar-refractivity contribution in [2.75, 3.05) is 0 Å². The van der Waals surface area contributed by atoms with Crippen LogP contribution in [0.1, 0.15) is 49.4 Å². The van der Waals surface area contributed by atoms with Gasteiger partial charge in [0.05, 0.1) is 10.5 Å². The molecule has 2 nitrogen and oxygen atoms in total. The summed E-state index contributed by atoms with van der Waals surface area (Å²) in [5.41, 5.74) is 10.0. The zero-order valence-corrected chi connectivity index (χ0v) is 12.1. The summed E-state index contributed by atoms with van der Waals surface area (Å²) in [6.45, 7) is 2.11. The van der Waals surface area contributed by atoms with Gasteiger partial charge in [-0.15, -0.1) is 0 Å². The molecule has 19 heavy (non-hydrogen) atoms. The molecule has 1 aliphatic rings. The van der Waals surface area contributed by atoms with E-state index < -0.39 is 0 Å². The summed E-state index contributed by atoms with van der Waals surface area (Å²) in [4.78, 5) is 3.40. The van der Waals surface area contributed by atoms with E-state index in [1.54, 1.807) is 0 Å². The fourth-order valence-corrected chi connectivity index (χ4v) is 3.71. The molecule has 1 aliphatic carbocycles. The molecule has 1 atom stereocenters. The molecular formula is C16H21ClN2. The maximum Gasteiger partial charge on any atom is 0.0648 e. The monoisotopic (exact) mass is 276 g/mol. The lowest BCUT2D eigenvalue weighted by Gasteiger charge is -2.28. The van der Waals surface area contributed by atoms with E-state index in [0.29, 0.717) is 5.92 Å². The number of nitrogens with one attached hydrogen (secondary N) is 1. The predicted octanol–water partition coefficient (Wildman–Crippen LogP) is 4.71. The van der Waals surface area contributed by atoms with E-state index >= 15 is 0 Å². The molecular weight excluding hydrogens is 256 g/mol. The first kappa shape index (κ1) is 13.0. The molecule has 3 N–H and O–H groups in total. The van der Waals surface area contributed by atoms with E-state index in [1.807, 2.05) is 12.1 Å². The van der Waals surface area contributed by atoms with Gasteiger partial charge in [0, 0.05) is 17.1 Å². The van der Waals surface area contributed by atoms with Crippen LogP contribution >= 0.6 is 11.6 Å². The van der Waals surface area contributed by atoms with Crippen molar-refractivity contribution < 1.29 is 0 Å². The Bertz CT molecular complexity index is 582. The number of hydrogen-bond donors (Lipinski definition) is 2. The Kier molecular flexibility index (Phi) is 3.55. The molecule has 1 unspecified atom stereocenters. The highest BCUT2D eigenvalue weighted by Gasteiger charge is 2.25. The van der Waals surface area contributed by atoms with Crippen LogP contribution < -0.4 is 5.73 Å². The van der Waals surface area contributed by atoms with Gasteiger partial charge in [0.25, 0.3) is 0 Å². The summed E-state index contributed by atoms with van der Waals surface area (Å²) in [6.07, 6.45) is 6.52. The average molecular weight is 277 g/mol. The van der Waals surface area contributed by atoms with Crippen LogP contribution in [0.25, 0.3) is 10.9 Å². The highest BCUT2D eigenvalue weighted by atomic mass is 35.5. The molecule has 1 fully saturated rings. The first-order valence-corrected chi connectivity index (χ1v) is 7.58. The first-order chi connectivity index (χ1) is 9.18. The van der Waals surface area contributed by atoms with Crippen LogP contribution in [-0.4, -0.2) is 4.98 Å². The van der Waals surface area contributed by atoms with E-state index in [9.17, 15) is 0 Å². The Labute approximate surface area is 119 Å². The second-order valence-electron chi connectivity index (χ2n) is 5.75. The van der Waals surface area contributed by atoms with Gasteiger partial charge >= 0.3 is 0 Å². The number of benzene rings is 1. The van der Waals surface area contributed by atoms with E-state index in [1.165, 1.54) is 48.7 Å². The van der Waals surface area contributed by atoms with Crippen LogP contribution in [0.3, 0.4) is 0 Å². The molecule has 0 spiro atoms. The van der Waals surface area contributed by atoms with Crippen LogP contribution in [0.2, 0.25) is 5.02 Å². The highest BCUT2D eigenvalue weighted by molar-refractivity contribution is 6.35. The summed E-state index contributed by atoms with van der Waals surface area (Å²) in [5.74, 6) is 0.616. The first-order valence-electron chi connectivity index (χ1n) is 7.20. The number of fused-ring (bicyclic) bond motifs is 1. The van der Waals surface area contributed by atoms with E-state index in [4.69, 9.17) is 17.3 Å². The Hall–Kier alpha value is -0.990. The van der Waals surface area contributed by atoms with E-state index in [0.717, 1.165) is 10.5 Å². The molecule has 2 aromatic rings. The topological polar surface area (TPSA) is 41.8 Å². The van der Waals surface area contributed by atoms with Crippen molar-refractivity contribution in [3.8, 4) is 0 Å². The summed E-state index contributed by atoms with van der Waals surface area (Å²) in [7, 11) is 0. The third-order valence-corrected chi connectivity index (χ3v) is 4.83. The fraction of sp³-hybridized carbons (Fsp3) is 0.500. The van der Waals surface area contributed by atoms with Gasteiger partial charge in [0.2, 0.25) is 0 Å². The van der Waals surface area contributed by atoms with Gasteiger partial charge in [-0.3, -0.25) is 0 Å². The molecule has 1 aromatic carbocycles. The molecule has 0 saturated heterocycles. The lowest BCUT2D eigenvalue weighted by Crippen LogP contribution is -2.24. The van der Waals surface area contributed by atoms with Crippen LogP contribution in [0.4, 0.5) is 0 Å². The smallest absolute Gasteiger partial charge is 0.0648 e. The molecule has 0 aliphatic heterocycles. The molecule has 0 radical (unpaired) electrons. The van der Waals surface area contributed by atoms with Gasteiger partial charge in [-0.25, -0.2) is 0 Å². The molecule has 1 aromatic heterocycles. The number of aromatic nitrogens is 1. The van der Waals surface area contributed by atoms with Gasteiger partial charge in [-0.05, 0) is 37.3 Å². The lowest BCUT2D eigenvalue weighted by atomic mass is 9.81. The number of nitrogens with two attached hydrogens (primary N) is 1. The number of halogens is 1. The number of aromatic amines is 1. The number of para-hydroxylation sites is 1. The Morgan fingerprint density at radius 3 is 2.74 bits per heavy atom. The minimum absolute atomic E-state index is 0.132. The molecule has 3 rings (SSSR count). The second-order valence-corrected chi connectivity index (χ2v) is 6.16. The Morgan fingerprint density at radius 2 is 2.00 bits per heavy atom. The molecule has 102 valence electrons. The number of rotatable bonds is 2. The SMILES string of the molecule is Cc1[nH]c2c(Cl)cccc2c1C(N)C1CCCCC1. The maximum absolute atomic E-state index is 6.57. The van der Waals surface area contributed by atoms with Gasteiger partial charge in [0.15, 0.2) is 0 Å². The van der Waals surface area contributed by atoms with Gasteiger partial charge in [-0.1, -0.05) is 43.0 Å². The fourth-order valence-electron chi connectivity index (χ4n) is 3.49. The maximum atomic E-state index is 6.57. The third kappa shape index (κ3) is 2.28. The molecule has 0 amide bonds. The van der Waals surface area contributed by atoms with Crippen molar-refractivity contribution in [2.45, 2.75) is 45.1 Å². The van der Waals surface area contributed by atoms with Gasteiger partial charge in [0.1, 0.15) is 0 Å². The predicted molar refractivity (Wildman–Crippen MR) is 81.5 cm³/mol. The van der Waals surface area contributed by atoms with Crippen molar-refractivity contribution in [1.82, 2.24) is 4.98 Å². The van der Waals surface area contributed by atoms with Crippen molar-refractivity contribution >= 4 is 22.5 Å². The summed E-state index contributed by atoms with van der Waals surface area (Å²) < 4.78 is 0. The second kappa shape index (κ2) is 5.18. The van der Waals surface area contributed by atoms with E-state index in [2.05, 4.69) is 18.0 Å². The largest absolute Gasteiger partial charge is 0.357 e. The number of hydrogen-bond acceptors (Lipinski definition) is 1. The minimum Gasteiger partial charge on any atom is -0.357 e. The van der Waals surface area contributed by atoms with Crippen LogP contribution in [0.5, 0.6) is 0 Å². The quantitative estimate of drug-likeness (QED) is 0.819. The average Bonchev–Trinajstić information content (AvgIpc) is 2.77. The zero-order valence-electron chi connectivity index (χ0n) is 11.4. The van der Waals surface area contributed by atoms with Crippen molar-refractivity contribution in [1.29, 1.82) is 0 Å².